The van der Waals surface area contributed by atoms with Crippen LogP contribution in [-0.2, 0) is 0 Å². The lowest BCUT2D eigenvalue weighted by atomic mass is 10.2. The molecule has 0 atom stereocenters. The van der Waals surface area contributed by atoms with E-state index in [9.17, 15) is 0 Å². The van der Waals surface area contributed by atoms with Crippen LogP contribution in [0.2, 0.25) is 0 Å². The van der Waals surface area contributed by atoms with Crippen molar-refractivity contribution in [1.82, 2.24) is 25.3 Å². The van der Waals surface area contributed by atoms with Crippen molar-refractivity contribution < 1.29 is 4.52 Å². The first-order valence-corrected chi connectivity index (χ1v) is 5.50. The van der Waals surface area contributed by atoms with Gasteiger partial charge in [0.05, 0.1) is 0 Å². The van der Waals surface area contributed by atoms with Crippen LogP contribution in [0.15, 0.2) is 4.52 Å². The zero-order chi connectivity index (χ0) is 11.1. The molecule has 0 aromatic carbocycles. The van der Waals surface area contributed by atoms with Gasteiger partial charge in [-0.2, -0.15) is 4.98 Å². The second-order valence-corrected chi connectivity index (χ2v) is 4.43. The summed E-state index contributed by atoms with van der Waals surface area (Å²) in [6, 6.07) is 0. The molecule has 1 aliphatic rings. The number of aromatic amines is 1. The molecule has 1 N–H and O–H groups in total. The van der Waals surface area contributed by atoms with E-state index in [0.717, 1.165) is 5.82 Å². The molecule has 1 saturated carbocycles. The van der Waals surface area contributed by atoms with Crippen LogP contribution in [0.4, 0.5) is 0 Å². The Kier molecular flexibility index (Phi) is 2.02. The first kappa shape index (κ1) is 9.50. The van der Waals surface area contributed by atoms with Crippen LogP contribution in [0.3, 0.4) is 0 Å². The van der Waals surface area contributed by atoms with Crippen molar-refractivity contribution in [2.75, 3.05) is 0 Å². The average Bonchev–Trinajstić information content (AvgIpc) is 2.83. The Hall–Kier alpha value is -1.72. The number of rotatable bonds is 3. The molecule has 6 nitrogen and oxygen atoms in total. The Morgan fingerprint density at radius 1 is 1.25 bits per heavy atom. The molecule has 3 rings (SSSR count). The minimum atomic E-state index is 0.225. The van der Waals surface area contributed by atoms with E-state index in [1.54, 1.807) is 0 Å². The van der Waals surface area contributed by atoms with Crippen LogP contribution in [0.1, 0.15) is 50.2 Å². The molecule has 1 aliphatic carbocycles. The zero-order valence-electron chi connectivity index (χ0n) is 9.27. The molecule has 0 saturated heterocycles. The lowest BCUT2D eigenvalue weighted by Gasteiger charge is -1.91. The van der Waals surface area contributed by atoms with Crippen molar-refractivity contribution in [3.8, 4) is 11.6 Å². The highest BCUT2D eigenvalue weighted by molar-refractivity contribution is 5.41. The van der Waals surface area contributed by atoms with Crippen molar-refractivity contribution >= 4 is 0 Å². The lowest BCUT2D eigenvalue weighted by molar-refractivity contribution is 0.365. The third-order valence-corrected chi connectivity index (χ3v) is 2.60. The Bertz CT molecular complexity index is 459. The Morgan fingerprint density at radius 3 is 2.69 bits per heavy atom. The summed E-state index contributed by atoms with van der Waals surface area (Å²) in [5, 5.41) is 10.9. The second-order valence-electron chi connectivity index (χ2n) is 4.43. The van der Waals surface area contributed by atoms with Gasteiger partial charge in [0.2, 0.25) is 17.5 Å². The van der Waals surface area contributed by atoms with E-state index in [0.29, 0.717) is 23.5 Å². The third kappa shape index (κ3) is 1.60. The minimum Gasteiger partial charge on any atom is -0.339 e. The van der Waals surface area contributed by atoms with E-state index in [1.165, 1.54) is 12.8 Å². The highest BCUT2D eigenvalue weighted by Gasteiger charge is 2.28. The Balaban J connectivity index is 1.88. The molecule has 2 aromatic rings. The molecule has 6 heteroatoms. The first-order valence-electron chi connectivity index (χ1n) is 5.50. The number of aromatic nitrogens is 5. The predicted octanol–water partition coefficient (Wildman–Crippen LogP) is 1.86. The standard InChI is InChI=1S/C10H13N5O/c1-5(2)10-12-9(15-16-10)8-11-7(13-14-8)6-3-4-6/h5-6H,3-4H2,1-2H3,(H,11,13,14). The van der Waals surface area contributed by atoms with Gasteiger partial charge in [0, 0.05) is 11.8 Å². The average molecular weight is 219 g/mol. The normalized spacial score (nSPS) is 15.9. The first-order chi connectivity index (χ1) is 7.74. The summed E-state index contributed by atoms with van der Waals surface area (Å²) in [5.41, 5.74) is 0. The molecule has 0 unspecified atom stereocenters. The number of hydrogen-bond acceptors (Lipinski definition) is 5. The molecule has 0 aliphatic heterocycles. The Labute approximate surface area is 92.5 Å². The molecule has 0 spiro atoms. The van der Waals surface area contributed by atoms with Gasteiger partial charge in [0.25, 0.3) is 0 Å². The van der Waals surface area contributed by atoms with Crippen molar-refractivity contribution in [2.45, 2.75) is 38.5 Å². The van der Waals surface area contributed by atoms with Crippen LogP contribution in [0.5, 0.6) is 0 Å². The highest BCUT2D eigenvalue weighted by Crippen LogP contribution is 2.38. The fourth-order valence-electron chi connectivity index (χ4n) is 1.47. The van der Waals surface area contributed by atoms with Crippen molar-refractivity contribution in [3.63, 3.8) is 0 Å². The van der Waals surface area contributed by atoms with E-state index < -0.39 is 0 Å². The fraction of sp³-hybridized carbons (Fsp3) is 0.600. The van der Waals surface area contributed by atoms with Gasteiger partial charge < -0.3 is 4.52 Å². The molecule has 0 amide bonds. The maximum Gasteiger partial charge on any atom is 0.242 e. The Morgan fingerprint density at radius 2 is 2.06 bits per heavy atom. The van der Waals surface area contributed by atoms with Crippen LogP contribution < -0.4 is 0 Å². The van der Waals surface area contributed by atoms with Gasteiger partial charge in [-0.1, -0.05) is 19.0 Å². The van der Waals surface area contributed by atoms with Crippen LogP contribution in [-0.4, -0.2) is 25.3 Å². The van der Waals surface area contributed by atoms with Crippen molar-refractivity contribution in [1.29, 1.82) is 0 Å². The summed E-state index contributed by atoms with van der Waals surface area (Å²) in [7, 11) is 0. The van der Waals surface area contributed by atoms with E-state index in [1.807, 2.05) is 13.8 Å². The maximum absolute atomic E-state index is 5.11. The number of hydrogen-bond donors (Lipinski definition) is 1. The third-order valence-electron chi connectivity index (χ3n) is 2.60. The largest absolute Gasteiger partial charge is 0.339 e. The van der Waals surface area contributed by atoms with Crippen LogP contribution >= 0.6 is 0 Å². The molecular formula is C10H13N5O. The number of nitrogens with zero attached hydrogens (tertiary/aromatic N) is 4. The number of H-pyrrole nitrogens is 1. The minimum absolute atomic E-state index is 0.225. The SMILES string of the molecule is CC(C)c1nc(-c2n[nH]c(C3CC3)n2)no1. The summed E-state index contributed by atoms with van der Waals surface area (Å²) in [6.45, 7) is 4.01. The summed E-state index contributed by atoms with van der Waals surface area (Å²) in [6.07, 6.45) is 2.39. The molecular weight excluding hydrogens is 206 g/mol. The molecule has 0 radical (unpaired) electrons. The smallest absolute Gasteiger partial charge is 0.242 e. The molecule has 16 heavy (non-hydrogen) atoms. The van der Waals surface area contributed by atoms with Crippen molar-refractivity contribution in [3.05, 3.63) is 11.7 Å². The van der Waals surface area contributed by atoms with Gasteiger partial charge >= 0.3 is 0 Å². The van der Waals surface area contributed by atoms with Gasteiger partial charge in [-0.15, -0.1) is 5.10 Å². The van der Waals surface area contributed by atoms with Gasteiger partial charge in [0.1, 0.15) is 5.82 Å². The zero-order valence-corrected chi connectivity index (χ0v) is 9.27. The molecule has 2 heterocycles. The predicted molar refractivity (Wildman–Crippen MR) is 55.7 cm³/mol. The summed E-state index contributed by atoms with van der Waals surface area (Å²) in [5.74, 6) is 3.32. The quantitative estimate of drug-likeness (QED) is 0.852. The highest BCUT2D eigenvalue weighted by atomic mass is 16.5. The topological polar surface area (TPSA) is 80.5 Å². The van der Waals surface area contributed by atoms with Gasteiger partial charge in [-0.25, -0.2) is 4.98 Å². The molecule has 84 valence electrons. The van der Waals surface area contributed by atoms with E-state index >= 15 is 0 Å². The summed E-state index contributed by atoms with van der Waals surface area (Å²) >= 11 is 0. The van der Waals surface area contributed by atoms with E-state index in [2.05, 4.69) is 25.3 Å². The van der Waals surface area contributed by atoms with E-state index in [-0.39, 0.29) is 5.92 Å². The molecule has 1 fully saturated rings. The van der Waals surface area contributed by atoms with Gasteiger partial charge in [-0.05, 0) is 12.8 Å². The van der Waals surface area contributed by atoms with Gasteiger partial charge in [-0.3, -0.25) is 5.10 Å². The summed E-state index contributed by atoms with van der Waals surface area (Å²) in [4.78, 5) is 8.61. The van der Waals surface area contributed by atoms with Gasteiger partial charge in [0.15, 0.2) is 0 Å². The summed E-state index contributed by atoms with van der Waals surface area (Å²) < 4.78 is 5.11. The second kappa shape index (κ2) is 3.40. The molecule has 2 aromatic heterocycles. The molecule has 0 bridgehead atoms. The fourth-order valence-corrected chi connectivity index (χ4v) is 1.47. The lowest BCUT2D eigenvalue weighted by Crippen LogP contribution is -1.88. The monoisotopic (exact) mass is 219 g/mol. The van der Waals surface area contributed by atoms with Crippen LogP contribution in [0.25, 0.3) is 11.6 Å². The van der Waals surface area contributed by atoms with Crippen LogP contribution in [0, 0.1) is 0 Å². The number of nitrogens with one attached hydrogen (secondary N) is 1. The van der Waals surface area contributed by atoms with E-state index in [4.69, 9.17) is 4.52 Å². The van der Waals surface area contributed by atoms with Crippen molar-refractivity contribution in [2.24, 2.45) is 0 Å². The maximum atomic E-state index is 5.11.